The molecule has 0 heterocycles. The van der Waals surface area contributed by atoms with Gasteiger partial charge < -0.3 is 10.4 Å². The van der Waals surface area contributed by atoms with E-state index >= 15 is 0 Å². The van der Waals surface area contributed by atoms with Gasteiger partial charge in [-0.05, 0) is 25.3 Å². The summed E-state index contributed by atoms with van der Waals surface area (Å²) in [5.41, 5.74) is 0. The molecule has 1 rings (SSSR count). The van der Waals surface area contributed by atoms with Crippen molar-refractivity contribution in [1.82, 2.24) is 5.32 Å². The highest BCUT2D eigenvalue weighted by molar-refractivity contribution is 4.70. The van der Waals surface area contributed by atoms with Gasteiger partial charge in [0.1, 0.15) is 0 Å². The van der Waals surface area contributed by atoms with Crippen LogP contribution in [0.1, 0.15) is 38.5 Å². The van der Waals surface area contributed by atoms with Crippen LogP contribution in [0.5, 0.6) is 0 Å². The minimum absolute atomic E-state index is 0.395. The van der Waals surface area contributed by atoms with Crippen LogP contribution in [0.15, 0.2) is 0 Å². The summed E-state index contributed by atoms with van der Waals surface area (Å²) in [5.74, 6) is 0.773. The molecule has 96 valence electrons. The Kier molecular flexibility index (Phi) is 5.55. The van der Waals surface area contributed by atoms with Crippen LogP contribution in [-0.4, -0.2) is 30.5 Å². The summed E-state index contributed by atoms with van der Waals surface area (Å²) in [7, 11) is 0. The van der Waals surface area contributed by atoms with Gasteiger partial charge in [0, 0.05) is 6.54 Å². The molecule has 0 aliphatic heterocycles. The van der Waals surface area contributed by atoms with Gasteiger partial charge in [-0.3, -0.25) is 0 Å². The van der Waals surface area contributed by atoms with Crippen LogP contribution in [0.2, 0.25) is 0 Å². The monoisotopic (exact) mass is 239 g/mol. The van der Waals surface area contributed by atoms with E-state index < -0.39 is 18.8 Å². The second-order valence-electron chi connectivity index (χ2n) is 4.55. The Labute approximate surface area is 94.2 Å². The molecule has 0 aromatic heterocycles. The molecular formula is C11H20F3NO. The predicted molar refractivity (Wildman–Crippen MR) is 56.1 cm³/mol. The molecule has 0 bridgehead atoms. The fraction of sp³-hybridized carbons (Fsp3) is 1.00. The largest absolute Gasteiger partial charge is 0.415 e. The van der Waals surface area contributed by atoms with Crippen molar-refractivity contribution in [2.45, 2.75) is 50.8 Å². The molecule has 1 fully saturated rings. The van der Waals surface area contributed by atoms with Gasteiger partial charge in [-0.15, -0.1) is 0 Å². The van der Waals surface area contributed by atoms with E-state index in [1.54, 1.807) is 0 Å². The first kappa shape index (κ1) is 13.8. The Morgan fingerprint density at radius 3 is 2.44 bits per heavy atom. The molecule has 0 aromatic carbocycles. The first-order chi connectivity index (χ1) is 7.50. The normalized spacial score (nSPS) is 20.2. The van der Waals surface area contributed by atoms with Crippen molar-refractivity contribution < 1.29 is 18.3 Å². The number of aliphatic hydroxyl groups is 1. The molecule has 0 aromatic rings. The van der Waals surface area contributed by atoms with E-state index in [4.69, 9.17) is 5.11 Å². The van der Waals surface area contributed by atoms with Gasteiger partial charge in [-0.1, -0.05) is 25.7 Å². The predicted octanol–water partition coefficient (Wildman–Crippen LogP) is 2.47. The van der Waals surface area contributed by atoms with Crippen molar-refractivity contribution in [3.63, 3.8) is 0 Å². The molecule has 1 saturated carbocycles. The molecule has 2 nitrogen and oxygen atoms in total. The third kappa shape index (κ3) is 5.16. The van der Waals surface area contributed by atoms with Crippen molar-refractivity contribution >= 4 is 0 Å². The van der Waals surface area contributed by atoms with Crippen LogP contribution in [0.4, 0.5) is 13.2 Å². The minimum atomic E-state index is -4.50. The van der Waals surface area contributed by atoms with E-state index in [0.29, 0.717) is 6.54 Å². The minimum Gasteiger partial charge on any atom is -0.382 e. The molecule has 1 atom stereocenters. The van der Waals surface area contributed by atoms with E-state index in [-0.39, 0.29) is 0 Å². The van der Waals surface area contributed by atoms with Gasteiger partial charge in [-0.2, -0.15) is 13.2 Å². The number of hydrogen-bond donors (Lipinski definition) is 2. The highest BCUT2D eigenvalue weighted by Gasteiger charge is 2.37. The van der Waals surface area contributed by atoms with Crippen molar-refractivity contribution in [3.05, 3.63) is 0 Å². The zero-order valence-corrected chi connectivity index (χ0v) is 9.39. The quantitative estimate of drug-likeness (QED) is 0.698. The molecule has 0 radical (unpaired) electrons. The maximum absolute atomic E-state index is 11.9. The molecule has 0 saturated heterocycles. The van der Waals surface area contributed by atoms with Crippen LogP contribution in [0.25, 0.3) is 0 Å². The highest BCUT2D eigenvalue weighted by Crippen LogP contribution is 2.28. The molecule has 0 spiro atoms. The van der Waals surface area contributed by atoms with E-state index in [9.17, 15) is 13.2 Å². The smallest absolute Gasteiger partial charge is 0.382 e. The number of halogens is 3. The Morgan fingerprint density at radius 2 is 1.88 bits per heavy atom. The number of alkyl halides is 3. The van der Waals surface area contributed by atoms with Crippen LogP contribution < -0.4 is 5.32 Å². The van der Waals surface area contributed by atoms with E-state index in [1.165, 1.54) is 25.7 Å². The maximum Gasteiger partial charge on any atom is 0.415 e. The lowest BCUT2D eigenvalue weighted by Gasteiger charge is -2.15. The van der Waals surface area contributed by atoms with Crippen LogP contribution in [0.3, 0.4) is 0 Å². The third-order valence-electron chi connectivity index (χ3n) is 3.16. The van der Waals surface area contributed by atoms with Crippen molar-refractivity contribution in [2.75, 3.05) is 13.1 Å². The molecule has 1 unspecified atom stereocenters. The summed E-state index contributed by atoms with van der Waals surface area (Å²) in [6.45, 7) is 0.164. The van der Waals surface area contributed by atoms with Crippen molar-refractivity contribution in [1.29, 1.82) is 0 Å². The molecule has 5 heteroatoms. The zero-order chi connectivity index (χ0) is 12.0. The molecule has 2 N–H and O–H groups in total. The van der Waals surface area contributed by atoms with E-state index in [2.05, 4.69) is 5.32 Å². The summed E-state index contributed by atoms with van der Waals surface area (Å²) in [5, 5.41) is 11.4. The molecule has 1 aliphatic rings. The third-order valence-corrected chi connectivity index (χ3v) is 3.16. The summed E-state index contributed by atoms with van der Waals surface area (Å²) in [4.78, 5) is 0. The fourth-order valence-corrected chi connectivity index (χ4v) is 2.17. The molecule has 1 aliphatic carbocycles. The average molecular weight is 239 g/mol. The van der Waals surface area contributed by atoms with Crippen molar-refractivity contribution in [2.24, 2.45) is 5.92 Å². The topological polar surface area (TPSA) is 32.3 Å². The van der Waals surface area contributed by atoms with E-state index in [1.807, 2.05) is 0 Å². The highest BCUT2D eigenvalue weighted by atomic mass is 19.4. The van der Waals surface area contributed by atoms with E-state index in [0.717, 1.165) is 18.8 Å². The Morgan fingerprint density at radius 1 is 1.25 bits per heavy atom. The Bertz CT molecular complexity index is 190. The molecule has 16 heavy (non-hydrogen) atoms. The molecular weight excluding hydrogens is 219 g/mol. The first-order valence-corrected chi connectivity index (χ1v) is 5.95. The van der Waals surface area contributed by atoms with Crippen LogP contribution >= 0.6 is 0 Å². The summed E-state index contributed by atoms with van der Waals surface area (Å²) in [6.07, 6.45) is 0.383. The Hall–Kier alpha value is -0.290. The second-order valence-corrected chi connectivity index (χ2v) is 4.55. The van der Waals surface area contributed by atoms with Gasteiger partial charge in [0.05, 0.1) is 0 Å². The van der Waals surface area contributed by atoms with Crippen LogP contribution in [0, 0.1) is 5.92 Å². The number of rotatable bonds is 6. The SMILES string of the molecule is OC(CNCCCC1CCCC1)C(F)(F)F. The fourth-order valence-electron chi connectivity index (χ4n) is 2.17. The van der Waals surface area contributed by atoms with Crippen molar-refractivity contribution in [3.8, 4) is 0 Å². The lowest BCUT2D eigenvalue weighted by Crippen LogP contribution is -2.38. The lowest BCUT2D eigenvalue weighted by atomic mass is 10.0. The number of aliphatic hydroxyl groups excluding tert-OH is 1. The number of nitrogens with one attached hydrogen (secondary N) is 1. The van der Waals surface area contributed by atoms with Gasteiger partial charge in [0.25, 0.3) is 0 Å². The van der Waals surface area contributed by atoms with Crippen LogP contribution in [-0.2, 0) is 0 Å². The maximum atomic E-state index is 11.9. The zero-order valence-electron chi connectivity index (χ0n) is 9.39. The van der Waals surface area contributed by atoms with Gasteiger partial charge in [0.2, 0.25) is 0 Å². The summed E-state index contributed by atoms with van der Waals surface area (Å²) >= 11 is 0. The van der Waals surface area contributed by atoms with Gasteiger partial charge in [0.15, 0.2) is 6.10 Å². The second kappa shape index (κ2) is 6.45. The summed E-state index contributed by atoms with van der Waals surface area (Å²) in [6, 6.07) is 0. The summed E-state index contributed by atoms with van der Waals surface area (Å²) < 4.78 is 35.7. The standard InChI is InChI=1S/C11H20F3NO/c12-11(13,14)10(16)8-15-7-3-6-9-4-1-2-5-9/h9-10,15-16H,1-8H2. The average Bonchev–Trinajstić information content (AvgIpc) is 2.68. The van der Waals surface area contributed by atoms with Gasteiger partial charge in [-0.25, -0.2) is 0 Å². The Balaban J connectivity index is 1.95. The molecule has 0 amide bonds. The number of hydrogen-bond acceptors (Lipinski definition) is 2. The lowest BCUT2D eigenvalue weighted by molar-refractivity contribution is -0.201. The van der Waals surface area contributed by atoms with Gasteiger partial charge >= 0.3 is 6.18 Å². The first-order valence-electron chi connectivity index (χ1n) is 5.95.